The monoisotopic (exact) mass is 176 g/mol. The molecule has 0 aromatic heterocycles. The first-order valence-electron chi connectivity index (χ1n) is 2.77. The average molecular weight is 176 g/mol. The van der Waals surface area contributed by atoms with E-state index >= 15 is 0 Å². The van der Waals surface area contributed by atoms with E-state index < -0.39 is 0 Å². The average Bonchev–Trinajstić information content (AvgIpc) is 2.30. The van der Waals surface area contributed by atoms with Crippen LogP contribution in [-0.2, 0) is 9.53 Å². The van der Waals surface area contributed by atoms with Gasteiger partial charge < -0.3 is 4.74 Å². The summed E-state index contributed by atoms with van der Waals surface area (Å²) in [6.45, 7) is 0. The lowest BCUT2D eigenvalue weighted by Gasteiger charge is -2.07. The molecule has 0 radical (unpaired) electrons. The van der Waals surface area contributed by atoms with Crippen molar-refractivity contribution in [2.45, 2.75) is 5.44 Å². The maximum Gasteiger partial charge on any atom is 0.333 e. The predicted molar refractivity (Wildman–Crippen MR) is 45.0 cm³/mol. The number of thioether (sulfide) groups is 2. The fraction of sp³-hybridized carbons (Fsp3) is 0.500. The van der Waals surface area contributed by atoms with Crippen LogP contribution in [0.2, 0.25) is 0 Å². The first-order chi connectivity index (χ1) is 4.77. The second-order valence-corrected chi connectivity index (χ2v) is 3.53. The summed E-state index contributed by atoms with van der Waals surface area (Å²) >= 11 is 3.10. The molecule has 1 aliphatic heterocycles. The Kier molecular flexibility index (Phi) is 2.68. The van der Waals surface area contributed by atoms with Crippen molar-refractivity contribution in [1.82, 2.24) is 0 Å². The van der Waals surface area contributed by atoms with E-state index in [1.54, 1.807) is 17.8 Å². The van der Waals surface area contributed by atoms with Crippen molar-refractivity contribution in [3.8, 4) is 0 Å². The van der Waals surface area contributed by atoms with Gasteiger partial charge in [0, 0.05) is 11.0 Å². The maximum atomic E-state index is 10.7. The van der Waals surface area contributed by atoms with Gasteiger partial charge in [-0.25, -0.2) is 4.79 Å². The van der Waals surface area contributed by atoms with Gasteiger partial charge in [0.2, 0.25) is 0 Å². The SMILES string of the molecule is CSC1=CC(=O)OC1SC. The maximum absolute atomic E-state index is 10.7. The summed E-state index contributed by atoms with van der Waals surface area (Å²) in [7, 11) is 0. The lowest BCUT2D eigenvalue weighted by atomic mass is 10.6. The van der Waals surface area contributed by atoms with Crippen LogP contribution >= 0.6 is 23.5 Å². The van der Waals surface area contributed by atoms with Crippen LogP contribution in [0.1, 0.15) is 0 Å². The van der Waals surface area contributed by atoms with Crippen LogP contribution in [0.4, 0.5) is 0 Å². The van der Waals surface area contributed by atoms with Gasteiger partial charge in [0.05, 0.1) is 0 Å². The van der Waals surface area contributed by atoms with E-state index in [1.807, 2.05) is 12.5 Å². The van der Waals surface area contributed by atoms with Gasteiger partial charge in [0.1, 0.15) is 0 Å². The molecule has 0 bridgehead atoms. The van der Waals surface area contributed by atoms with Crippen molar-refractivity contribution >= 4 is 29.5 Å². The molecule has 1 aliphatic rings. The number of rotatable bonds is 2. The lowest BCUT2D eigenvalue weighted by Crippen LogP contribution is -2.04. The number of carbonyl (C=O) groups is 1. The molecule has 0 spiro atoms. The summed E-state index contributed by atoms with van der Waals surface area (Å²) in [6, 6.07) is 0. The fourth-order valence-electron chi connectivity index (χ4n) is 0.701. The minimum absolute atomic E-state index is 0.0532. The van der Waals surface area contributed by atoms with E-state index in [2.05, 4.69) is 0 Å². The van der Waals surface area contributed by atoms with Gasteiger partial charge in [-0.05, 0) is 12.5 Å². The molecule has 0 saturated heterocycles. The molecule has 0 N–H and O–H groups in total. The predicted octanol–water partition coefficient (Wildman–Crippen LogP) is 1.48. The number of esters is 1. The zero-order chi connectivity index (χ0) is 7.56. The Hall–Kier alpha value is -0.0900. The zero-order valence-corrected chi connectivity index (χ0v) is 7.42. The highest BCUT2D eigenvalue weighted by atomic mass is 32.2. The Morgan fingerprint density at radius 1 is 1.60 bits per heavy atom. The second kappa shape index (κ2) is 3.34. The van der Waals surface area contributed by atoms with Crippen LogP contribution in [0.15, 0.2) is 11.0 Å². The minimum atomic E-state index is -0.219. The van der Waals surface area contributed by atoms with Gasteiger partial charge in [-0.15, -0.1) is 23.5 Å². The molecular formula is C6H8O2S2. The van der Waals surface area contributed by atoms with Crippen LogP contribution < -0.4 is 0 Å². The Morgan fingerprint density at radius 3 is 2.70 bits per heavy atom. The molecule has 0 amide bonds. The first-order valence-corrected chi connectivity index (χ1v) is 5.28. The van der Waals surface area contributed by atoms with Crippen molar-refractivity contribution in [2.75, 3.05) is 12.5 Å². The van der Waals surface area contributed by atoms with E-state index in [4.69, 9.17) is 4.74 Å². The summed E-state index contributed by atoms with van der Waals surface area (Å²) in [6.07, 6.45) is 5.41. The standard InChI is InChI=1S/C6H8O2S2/c1-9-4-3-5(7)8-6(4)10-2/h3,6H,1-2H3. The first kappa shape index (κ1) is 8.01. The molecule has 0 aliphatic carbocycles. The Balaban J connectivity index is 2.65. The molecule has 10 heavy (non-hydrogen) atoms. The quantitative estimate of drug-likeness (QED) is 0.595. The molecule has 4 heteroatoms. The van der Waals surface area contributed by atoms with Crippen molar-refractivity contribution in [1.29, 1.82) is 0 Å². The number of carbonyl (C=O) groups excluding carboxylic acids is 1. The third kappa shape index (κ3) is 1.49. The van der Waals surface area contributed by atoms with E-state index in [-0.39, 0.29) is 11.4 Å². The summed E-state index contributed by atoms with van der Waals surface area (Å²) in [4.78, 5) is 11.7. The molecule has 1 heterocycles. The molecular weight excluding hydrogens is 168 g/mol. The Labute approximate surface area is 68.4 Å². The molecule has 0 fully saturated rings. The molecule has 0 saturated carbocycles. The number of hydrogen-bond acceptors (Lipinski definition) is 4. The van der Waals surface area contributed by atoms with E-state index in [9.17, 15) is 4.79 Å². The fourth-order valence-corrected chi connectivity index (χ4v) is 2.22. The molecule has 0 aromatic rings. The van der Waals surface area contributed by atoms with Gasteiger partial charge in [-0.2, -0.15) is 0 Å². The van der Waals surface area contributed by atoms with Crippen molar-refractivity contribution in [3.05, 3.63) is 11.0 Å². The molecule has 1 atom stereocenters. The van der Waals surface area contributed by atoms with Crippen LogP contribution in [0.5, 0.6) is 0 Å². The van der Waals surface area contributed by atoms with Gasteiger partial charge >= 0.3 is 5.97 Å². The highest BCUT2D eigenvalue weighted by Crippen LogP contribution is 2.30. The highest BCUT2D eigenvalue weighted by molar-refractivity contribution is 8.05. The largest absolute Gasteiger partial charge is 0.443 e. The van der Waals surface area contributed by atoms with Gasteiger partial charge in [0.25, 0.3) is 0 Å². The second-order valence-electron chi connectivity index (χ2n) is 1.76. The number of ether oxygens (including phenoxy) is 1. The Bertz CT molecular complexity index is 177. The van der Waals surface area contributed by atoms with Crippen LogP contribution in [0.3, 0.4) is 0 Å². The topological polar surface area (TPSA) is 26.3 Å². The van der Waals surface area contributed by atoms with Gasteiger partial charge in [-0.3, -0.25) is 0 Å². The van der Waals surface area contributed by atoms with Gasteiger partial charge in [-0.1, -0.05) is 0 Å². The highest BCUT2D eigenvalue weighted by Gasteiger charge is 2.23. The summed E-state index contributed by atoms with van der Waals surface area (Å²) in [5, 5.41) is 0. The zero-order valence-electron chi connectivity index (χ0n) is 5.79. The smallest absolute Gasteiger partial charge is 0.333 e. The van der Waals surface area contributed by atoms with Crippen molar-refractivity contribution in [2.24, 2.45) is 0 Å². The lowest BCUT2D eigenvalue weighted by molar-refractivity contribution is -0.135. The minimum Gasteiger partial charge on any atom is -0.443 e. The summed E-state index contributed by atoms with van der Waals surface area (Å²) in [5.41, 5.74) is -0.0532. The van der Waals surface area contributed by atoms with E-state index in [0.29, 0.717) is 0 Å². The number of cyclic esters (lactones) is 1. The number of hydrogen-bond donors (Lipinski definition) is 0. The van der Waals surface area contributed by atoms with Crippen LogP contribution in [-0.4, -0.2) is 23.9 Å². The van der Waals surface area contributed by atoms with Crippen molar-refractivity contribution < 1.29 is 9.53 Å². The molecule has 56 valence electrons. The normalized spacial score (nSPS) is 24.4. The summed E-state index contributed by atoms with van der Waals surface area (Å²) < 4.78 is 4.92. The third-order valence-corrected chi connectivity index (χ3v) is 2.90. The third-order valence-electron chi connectivity index (χ3n) is 1.17. The molecule has 0 aromatic carbocycles. The molecule has 2 nitrogen and oxygen atoms in total. The van der Waals surface area contributed by atoms with Crippen LogP contribution in [0, 0.1) is 0 Å². The summed E-state index contributed by atoms with van der Waals surface area (Å²) in [5.74, 6) is -0.219. The van der Waals surface area contributed by atoms with E-state index in [1.165, 1.54) is 11.8 Å². The van der Waals surface area contributed by atoms with Gasteiger partial charge in [0.15, 0.2) is 5.44 Å². The molecule has 1 rings (SSSR count). The van der Waals surface area contributed by atoms with E-state index in [0.717, 1.165) is 4.91 Å². The van der Waals surface area contributed by atoms with Crippen molar-refractivity contribution in [3.63, 3.8) is 0 Å². The molecule has 1 unspecified atom stereocenters. The Morgan fingerprint density at radius 2 is 2.30 bits per heavy atom. The van der Waals surface area contributed by atoms with Crippen LogP contribution in [0.25, 0.3) is 0 Å².